The molecule has 4 N–H and O–H groups in total. The molecule has 0 radical (unpaired) electrons. The molecule has 5 unspecified atom stereocenters. The first-order chi connectivity index (χ1) is 11.3. The molecular weight excluding hydrogens is 298 g/mol. The van der Waals surface area contributed by atoms with Gasteiger partial charge in [-0.3, -0.25) is 0 Å². The normalized spacial score (nSPS) is 58.9. The summed E-state index contributed by atoms with van der Waals surface area (Å²) in [5.41, 5.74) is 8.20. The average molecular weight is 334 g/mol. The van der Waals surface area contributed by atoms with Gasteiger partial charge in [0.1, 0.15) is 0 Å². The highest BCUT2D eigenvalue weighted by Gasteiger charge is 2.63. The van der Waals surface area contributed by atoms with Crippen molar-refractivity contribution in [1.29, 1.82) is 0 Å². The molecule has 136 valence electrons. The van der Waals surface area contributed by atoms with E-state index in [0.29, 0.717) is 11.8 Å². The fourth-order valence-corrected chi connectivity index (χ4v) is 7.61. The fraction of sp³-hybridized carbons (Fsp3) is 0.905. The Labute approximate surface area is 146 Å². The molecule has 0 saturated heterocycles. The van der Waals surface area contributed by atoms with E-state index in [4.69, 9.17) is 5.73 Å². The maximum absolute atomic E-state index is 11.1. The molecule has 24 heavy (non-hydrogen) atoms. The Balaban J connectivity index is 1.73. The van der Waals surface area contributed by atoms with E-state index in [1.165, 1.54) is 25.7 Å². The van der Waals surface area contributed by atoms with Gasteiger partial charge in [0.25, 0.3) is 0 Å². The highest BCUT2D eigenvalue weighted by Crippen LogP contribution is 2.67. The summed E-state index contributed by atoms with van der Waals surface area (Å²) in [6.07, 6.45) is 9.01. The third-order valence-corrected chi connectivity index (χ3v) is 8.99. The third-order valence-electron chi connectivity index (χ3n) is 8.99. The van der Waals surface area contributed by atoms with Crippen molar-refractivity contribution in [3.8, 4) is 0 Å². The number of hydrogen-bond donors (Lipinski definition) is 3. The van der Waals surface area contributed by atoms with Crippen molar-refractivity contribution in [3.05, 3.63) is 11.6 Å². The molecule has 0 bridgehead atoms. The first-order valence-electron chi connectivity index (χ1n) is 10.1. The zero-order valence-electron chi connectivity index (χ0n) is 15.5. The van der Waals surface area contributed by atoms with E-state index in [9.17, 15) is 10.2 Å². The summed E-state index contributed by atoms with van der Waals surface area (Å²) >= 11 is 0. The second-order valence-electron chi connectivity index (χ2n) is 9.73. The maximum atomic E-state index is 11.1. The van der Waals surface area contributed by atoms with Gasteiger partial charge in [-0.2, -0.15) is 0 Å². The van der Waals surface area contributed by atoms with Crippen LogP contribution in [0, 0.1) is 34.5 Å². The smallest absolute Gasteiger partial charge is 0.0836 e. The van der Waals surface area contributed by atoms with Crippen LogP contribution in [0.15, 0.2) is 11.6 Å². The van der Waals surface area contributed by atoms with E-state index in [2.05, 4.69) is 26.8 Å². The van der Waals surface area contributed by atoms with Crippen LogP contribution in [0.2, 0.25) is 0 Å². The second kappa shape index (κ2) is 5.56. The van der Waals surface area contributed by atoms with Crippen molar-refractivity contribution in [2.24, 2.45) is 40.2 Å². The molecule has 4 rings (SSSR count). The van der Waals surface area contributed by atoms with Crippen molar-refractivity contribution in [3.63, 3.8) is 0 Å². The molecule has 3 heteroatoms. The summed E-state index contributed by atoms with van der Waals surface area (Å²) in [5.74, 6) is 1.50. The molecule has 0 aliphatic heterocycles. The predicted octanol–water partition coefficient (Wildman–Crippen LogP) is 3.24. The summed E-state index contributed by atoms with van der Waals surface area (Å²) in [6.45, 7) is 6.98. The molecule has 4 fully saturated rings. The minimum Gasteiger partial charge on any atom is -0.390 e. The minimum absolute atomic E-state index is 0.152. The Morgan fingerprint density at radius 1 is 1.00 bits per heavy atom. The van der Waals surface area contributed by atoms with Crippen molar-refractivity contribution in [2.75, 3.05) is 0 Å². The van der Waals surface area contributed by atoms with Gasteiger partial charge >= 0.3 is 0 Å². The SMILES string of the molecule is C/C=C1\CCC2C3C(O)[C@H](O)C4C[C@H](N)CC[C@]4(C)C3CC[C@]12C. The molecule has 0 aromatic carbocycles. The lowest BCUT2D eigenvalue weighted by Gasteiger charge is -2.63. The number of rotatable bonds is 0. The van der Waals surface area contributed by atoms with Crippen molar-refractivity contribution >= 4 is 0 Å². The Morgan fingerprint density at radius 2 is 1.75 bits per heavy atom. The Bertz CT molecular complexity index is 546. The zero-order valence-corrected chi connectivity index (χ0v) is 15.5. The van der Waals surface area contributed by atoms with E-state index >= 15 is 0 Å². The summed E-state index contributed by atoms with van der Waals surface area (Å²) in [6, 6.07) is 0.191. The van der Waals surface area contributed by atoms with Crippen LogP contribution in [0.5, 0.6) is 0 Å². The number of fused-ring (bicyclic) bond motifs is 5. The predicted molar refractivity (Wildman–Crippen MR) is 96.2 cm³/mol. The molecule has 9 atom stereocenters. The van der Waals surface area contributed by atoms with Crippen LogP contribution in [-0.2, 0) is 0 Å². The van der Waals surface area contributed by atoms with Crippen molar-refractivity contribution < 1.29 is 10.2 Å². The molecule has 0 amide bonds. The van der Waals surface area contributed by atoms with Gasteiger partial charge in [-0.25, -0.2) is 0 Å². The first-order valence-corrected chi connectivity index (χ1v) is 10.1. The summed E-state index contributed by atoms with van der Waals surface area (Å²) in [4.78, 5) is 0. The van der Waals surface area contributed by atoms with Crippen LogP contribution in [0.1, 0.15) is 65.7 Å². The van der Waals surface area contributed by atoms with Gasteiger partial charge in [0.2, 0.25) is 0 Å². The van der Waals surface area contributed by atoms with E-state index in [-0.39, 0.29) is 28.7 Å². The van der Waals surface area contributed by atoms with E-state index in [0.717, 1.165) is 19.3 Å². The van der Waals surface area contributed by atoms with Gasteiger partial charge in [-0.1, -0.05) is 25.5 Å². The monoisotopic (exact) mass is 333 g/mol. The highest BCUT2D eigenvalue weighted by molar-refractivity contribution is 5.25. The average Bonchev–Trinajstić information content (AvgIpc) is 2.90. The number of aliphatic hydroxyl groups excluding tert-OH is 2. The Morgan fingerprint density at radius 3 is 2.46 bits per heavy atom. The van der Waals surface area contributed by atoms with Crippen LogP contribution in [-0.4, -0.2) is 28.5 Å². The largest absolute Gasteiger partial charge is 0.390 e. The number of allylic oxidation sites excluding steroid dienone is 2. The van der Waals surface area contributed by atoms with Crippen LogP contribution < -0.4 is 5.73 Å². The maximum Gasteiger partial charge on any atom is 0.0836 e. The summed E-state index contributed by atoms with van der Waals surface area (Å²) in [7, 11) is 0. The topological polar surface area (TPSA) is 66.5 Å². The van der Waals surface area contributed by atoms with E-state index < -0.39 is 12.2 Å². The summed E-state index contributed by atoms with van der Waals surface area (Å²) in [5, 5.41) is 22.1. The van der Waals surface area contributed by atoms with Gasteiger partial charge in [-0.05, 0) is 86.4 Å². The van der Waals surface area contributed by atoms with Gasteiger partial charge in [0, 0.05) is 6.04 Å². The van der Waals surface area contributed by atoms with Crippen LogP contribution in [0.25, 0.3) is 0 Å². The Hall–Kier alpha value is -0.380. The molecule has 3 nitrogen and oxygen atoms in total. The summed E-state index contributed by atoms with van der Waals surface area (Å²) < 4.78 is 0. The lowest BCUT2D eigenvalue weighted by Crippen LogP contribution is -2.64. The molecule has 0 heterocycles. The molecular formula is C21H35NO2. The van der Waals surface area contributed by atoms with Crippen molar-refractivity contribution in [1.82, 2.24) is 0 Å². The zero-order chi connectivity index (χ0) is 17.3. The van der Waals surface area contributed by atoms with E-state index in [1.807, 2.05) is 0 Å². The molecule has 0 spiro atoms. The van der Waals surface area contributed by atoms with Crippen LogP contribution in [0.4, 0.5) is 0 Å². The van der Waals surface area contributed by atoms with Gasteiger partial charge < -0.3 is 15.9 Å². The lowest BCUT2D eigenvalue weighted by atomic mass is 9.43. The highest BCUT2D eigenvalue weighted by atomic mass is 16.3. The molecule has 4 aliphatic rings. The third kappa shape index (κ3) is 2.07. The second-order valence-corrected chi connectivity index (χ2v) is 9.73. The number of aliphatic hydroxyl groups is 2. The number of hydrogen-bond acceptors (Lipinski definition) is 3. The van der Waals surface area contributed by atoms with Crippen molar-refractivity contribution in [2.45, 2.75) is 84.0 Å². The molecule has 4 aliphatic carbocycles. The van der Waals surface area contributed by atoms with Crippen LogP contribution in [0.3, 0.4) is 0 Å². The standard InChI is InChI=1S/C21H35NO2/c1-4-12-5-6-14-17-15(8-10-20(12,14)2)21(3)9-7-13(22)11-16(21)18(23)19(17)24/h4,13-19,23-24H,5-11,22H2,1-3H3/b12-4+/t13-,14?,15?,16?,17?,18-,19?,20-,21-/m1/s1. The molecule has 4 saturated carbocycles. The fourth-order valence-electron chi connectivity index (χ4n) is 7.61. The van der Waals surface area contributed by atoms with Gasteiger partial charge in [0.05, 0.1) is 12.2 Å². The minimum atomic E-state index is -0.598. The molecule has 0 aromatic rings. The van der Waals surface area contributed by atoms with Crippen LogP contribution >= 0.6 is 0 Å². The number of nitrogens with two attached hydrogens (primary N) is 1. The lowest BCUT2D eigenvalue weighted by molar-refractivity contribution is -0.210. The van der Waals surface area contributed by atoms with E-state index in [1.54, 1.807) is 5.57 Å². The quantitative estimate of drug-likeness (QED) is 0.596. The molecule has 0 aromatic heterocycles. The Kier molecular flexibility index (Phi) is 3.95. The first kappa shape index (κ1) is 17.1. The van der Waals surface area contributed by atoms with Gasteiger partial charge in [-0.15, -0.1) is 0 Å². The van der Waals surface area contributed by atoms with Gasteiger partial charge in [0.15, 0.2) is 0 Å².